The van der Waals surface area contributed by atoms with E-state index < -0.39 is 12.0 Å². The minimum absolute atomic E-state index is 0.142. The Kier molecular flexibility index (Phi) is 4.37. The number of benzene rings is 1. The average Bonchev–Trinajstić information content (AvgIpc) is 2.47. The molecule has 2 aliphatic rings. The minimum Gasteiger partial charge on any atom is -0.480 e. The molecule has 0 saturated carbocycles. The summed E-state index contributed by atoms with van der Waals surface area (Å²) >= 11 is 1.68. The van der Waals surface area contributed by atoms with Gasteiger partial charge in [0.15, 0.2) is 6.04 Å². The third kappa shape index (κ3) is 3.69. The lowest BCUT2D eigenvalue weighted by Crippen LogP contribution is -2.33. The van der Waals surface area contributed by atoms with Gasteiger partial charge in [-0.05, 0) is 42.7 Å². The largest absolute Gasteiger partial charge is 0.480 e. The molecule has 4 heteroatoms. The number of hydrogen-bond donors (Lipinski definition) is 1. The molecule has 1 heterocycles. The van der Waals surface area contributed by atoms with Crippen molar-refractivity contribution in [2.75, 3.05) is 5.75 Å². The van der Waals surface area contributed by atoms with Crippen LogP contribution in [0, 0.1) is 12.3 Å². The average molecular weight is 329 g/mol. The highest BCUT2D eigenvalue weighted by atomic mass is 32.2. The van der Waals surface area contributed by atoms with Gasteiger partial charge in [0.2, 0.25) is 0 Å². The van der Waals surface area contributed by atoms with Gasteiger partial charge in [0, 0.05) is 16.4 Å². The fourth-order valence-corrected chi connectivity index (χ4v) is 4.54. The molecule has 1 atom stereocenters. The molecule has 1 aliphatic carbocycles. The minimum atomic E-state index is -0.812. The summed E-state index contributed by atoms with van der Waals surface area (Å²) in [7, 11) is 0. The van der Waals surface area contributed by atoms with E-state index in [4.69, 9.17) is 0 Å². The van der Waals surface area contributed by atoms with Crippen LogP contribution in [0.3, 0.4) is 0 Å². The molecule has 1 aromatic rings. The maximum absolute atomic E-state index is 11.3. The van der Waals surface area contributed by atoms with Gasteiger partial charge in [0.25, 0.3) is 0 Å². The van der Waals surface area contributed by atoms with Crippen LogP contribution in [0.4, 0.5) is 0 Å². The molecule has 0 bridgehead atoms. The zero-order chi connectivity index (χ0) is 16.6. The lowest BCUT2D eigenvalue weighted by atomic mass is 9.75. The van der Waals surface area contributed by atoms with Crippen molar-refractivity contribution in [3.8, 4) is 0 Å². The number of carbonyl (C=O) groups is 1. The molecular weight excluding hydrogens is 306 g/mol. The molecular formula is C19H23NO2S. The van der Waals surface area contributed by atoms with Crippen LogP contribution in [0.1, 0.15) is 37.8 Å². The highest BCUT2D eigenvalue weighted by Gasteiger charge is 2.35. The SMILES string of the molecule is Cc1ccc(CC2=C3SCC(C(=O)O)N=C3CC(C)(C)C2)cc1. The summed E-state index contributed by atoms with van der Waals surface area (Å²) in [5.41, 5.74) is 5.15. The third-order valence-corrected chi connectivity index (χ3v) is 5.74. The molecule has 23 heavy (non-hydrogen) atoms. The Labute approximate surface area is 141 Å². The summed E-state index contributed by atoms with van der Waals surface area (Å²) in [6.07, 6.45) is 2.86. The van der Waals surface area contributed by atoms with Crippen molar-refractivity contribution < 1.29 is 9.90 Å². The highest BCUT2D eigenvalue weighted by molar-refractivity contribution is 8.04. The molecule has 3 nitrogen and oxygen atoms in total. The number of aliphatic imine (C=N–C) groups is 1. The van der Waals surface area contributed by atoms with E-state index in [2.05, 4.69) is 50.0 Å². The van der Waals surface area contributed by atoms with E-state index in [1.165, 1.54) is 21.6 Å². The van der Waals surface area contributed by atoms with Gasteiger partial charge in [-0.15, -0.1) is 11.8 Å². The van der Waals surface area contributed by atoms with Crippen molar-refractivity contribution in [2.24, 2.45) is 10.4 Å². The predicted molar refractivity (Wildman–Crippen MR) is 96.2 cm³/mol. The Morgan fingerprint density at radius 1 is 1.30 bits per heavy atom. The van der Waals surface area contributed by atoms with Crippen LogP contribution < -0.4 is 0 Å². The summed E-state index contributed by atoms with van der Waals surface area (Å²) in [5.74, 6) is -0.265. The Morgan fingerprint density at radius 2 is 2.00 bits per heavy atom. The molecule has 3 rings (SSSR count). The molecule has 0 fully saturated rings. The molecule has 1 aromatic carbocycles. The maximum Gasteiger partial charge on any atom is 0.329 e. The molecule has 0 radical (unpaired) electrons. The first-order chi connectivity index (χ1) is 10.8. The van der Waals surface area contributed by atoms with Gasteiger partial charge >= 0.3 is 5.97 Å². The number of aliphatic carboxylic acids is 1. The normalized spacial score (nSPS) is 23.3. The smallest absolute Gasteiger partial charge is 0.329 e. The topological polar surface area (TPSA) is 49.7 Å². The van der Waals surface area contributed by atoms with Gasteiger partial charge in [-0.1, -0.05) is 43.7 Å². The second-order valence-corrected chi connectivity index (χ2v) is 8.38. The zero-order valence-corrected chi connectivity index (χ0v) is 14.7. The summed E-state index contributed by atoms with van der Waals surface area (Å²) in [6.45, 7) is 6.59. The fourth-order valence-electron chi connectivity index (χ4n) is 3.36. The van der Waals surface area contributed by atoms with Crippen LogP contribution in [0.2, 0.25) is 0 Å². The first-order valence-corrected chi connectivity index (χ1v) is 9.03. The lowest BCUT2D eigenvalue weighted by molar-refractivity contribution is -0.137. The Balaban J connectivity index is 1.94. The van der Waals surface area contributed by atoms with Gasteiger partial charge in [-0.2, -0.15) is 0 Å². The number of nitrogens with zero attached hydrogens (tertiary/aromatic N) is 1. The van der Waals surface area contributed by atoms with Gasteiger partial charge < -0.3 is 5.11 Å². The van der Waals surface area contributed by atoms with Crippen molar-refractivity contribution in [1.82, 2.24) is 0 Å². The van der Waals surface area contributed by atoms with Crippen molar-refractivity contribution >= 4 is 23.4 Å². The molecule has 1 N–H and O–H groups in total. The number of carboxylic acids is 1. The number of rotatable bonds is 3. The quantitative estimate of drug-likeness (QED) is 0.902. The number of allylic oxidation sites excluding steroid dienone is 2. The lowest BCUT2D eigenvalue weighted by Gasteiger charge is -2.36. The van der Waals surface area contributed by atoms with Gasteiger partial charge in [-0.3, -0.25) is 4.99 Å². The maximum atomic E-state index is 11.3. The van der Waals surface area contributed by atoms with Crippen molar-refractivity contribution in [1.29, 1.82) is 0 Å². The monoisotopic (exact) mass is 329 g/mol. The first kappa shape index (κ1) is 16.3. The summed E-state index contributed by atoms with van der Waals surface area (Å²) in [4.78, 5) is 17.1. The van der Waals surface area contributed by atoms with Crippen LogP contribution >= 0.6 is 11.8 Å². The number of aryl methyl sites for hydroxylation is 1. The van der Waals surface area contributed by atoms with Gasteiger partial charge in [0.05, 0.1) is 0 Å². The van der Waals surface area contributed by atoms with Crippen LogP contribution in [0.5, 0.6) is 0 Å². The molecule has 0 spiro atoms. The van der Waals surface area contributed by atoms with Crippen molar-refractivity contribution in [3.63, 3.8) is 0 Å². The Morgan fingerprint density at radius 3 is 2.65 bits per heavy atom. The summed E-state index contributed by atoms with van der Waals surface area (Å²) in [5, 5.41) is 9.25. The van der Waals surface area contributed by atoms with Crippen molar-refractivity contribution in [3.05, 3.63) is 45.9 Å². The number of fused-ring (bicyclic) bond motifs is 1. The highest BCUT2D eigenvalue weighted by Crippen LogP contribution is 2.44. The van der Waals surface area contributed by atoms with Gasteiger partial charge in [0.1, 0.15) is 0 Å². The van der Waals surface area contributed by atoms with Crippen LogP contribution in [-0.4, -0.2) is 28.6 Å². The number of carboxylic acid groups (broad SMARTS) is 1. The molecule has 1 unspecified atom stereocenters. The van der Waals surface area contributed by atoms with Crippen LogP contribution in [0.15, 0.2) is 39.7 Å². The van der Waals surface area contributed by atoms with Crippen LogP contribution in [0.25, 0.3) is 0 Å². The second kappa shape index (κ2) is 6.16. The third-order valence-electron chi connectivity index (χ3n) is 4.44. The molecule has 1 aliphatic heterocycles. The van der Waals surface area contributed by atoms with E-state index in [0.29, 0.717) is 5.75 Å². The standard InChI is InChI=1S/C19H23NO2S/c1-12-4-6-13(7-5-12)8-14-9-19(2,3)10-15-17(14)23-11-16(20-15)18(21)22/h4-7,16H,8-11H2,1-3H3,(H,21,22). The van der Waals surface area contributed by atoms with Crippen LogP contribution in [-0.2, 0) is 11.2 Å². The predicted octanol–water partition coefficient (Wildman–Crippen LogP) is 4.25. The molecule has 0 amide bonds. The first-order valence-electron chi connectivity index (χ1n) is 8.04. The zero-order valence-electron chi connectivity index (χ0n) is 13.9. The van der Waals surface area contributed by atoms with E-state index in [-0.39, 0.29) is 5.41 Å². The number of hydrogen-bond acceptors (Lipinski definition) is 3. The van der Waals surface area contributed by atoms with Gasteiger partial charge in [-0.25, -0.2) is 4.79 Å². The second-order valence-electron chi connectivity index (χ2n) is 7.35. The van der Waals surface area contributed by atoms with E-state index in [1.807, 2.05) is 0 Å². The molecule has 0 saturated heterocycles. The summed E-state index contributed by atoms with van der Waals surface area (Å²) < 4.78 is 0. The molecule has 122 valence electrons. The van der Waals surface area contributed by atoms with E-state index >= 15 is 0 Å². The Hall–Kier alpha value is -1.55. The number of thioether (sulfide) groups is 1. The van der Waals surface area contributed by atoms with E-state index in [9.17, 15) is 9.90 Å². The molecule has 0 aromatic heterocycles. The van der Waals surface area contributed by atoms with E-state index in [0.717, 1.165) is 25.0 Å². The summed E-state index contributed by atoms with van der Waals surface area (Å²) in [6, 6.07) is 8.09. The van der Waals surface area contributed by atoms with E-state index in [1.54, 1.807) is 11.8 Å². The Bertz CT molecular complexity index is 686. The fraction of sp³-hybridized carbons (Fsp3) is 0.474. The van der Waals surface area contributed by atoms with Crippen molar-refractivity contribution in [2.45, 2.75) is 46.1 Å².